The Morgan fingerprint density at radius 3 is 2.16 bits per heavy atom. The van der Waals surface area contributed by atoms with E-state index in [2.05, 4.69) is 13.1 Å². The molecule has 1 fully saturated rings. The van der Waals surface area contributed by atoms with Gasteiger partial charge in [-0.2, -0.15) is 8.62 Å². The maximum absolute atomic E-state index is 12.9. The average molecular weight is 588 g/mol. The number of phosphoric acid groups is 3. The van der Waals surface area contributed by atoms with Gasteiger partial charge in [0.15, 0.2) is 6.23 Å². The number of aromatic nitrogens is 2. The summed E-state index contributed by atoms with van der Waals surface area (Å²) in [5.41, 5.74) is -0.661. The number of aliphatic hydroxyl groups is 2. The number of aliphatic hydroxyl groups excluding tert-OH is 2. The van der Waals surface area contributed by atoms with E-state index in [1.165, 1.54) is 0 Å². The van der Waals surface area contributed by atoms with E-state index in [9.17, 15) is 43.3 Å². The van der Waals surface area contributed by atoms with Crippen molar-refractivity contribution >= 4 is 23.5 Å². The Morgan fingerprint density at radius 2 is 1.54 bits per heavy atom. The monoisotopic (exact) mass is 588 g/mol. The molecule has 0 spiro atoms. The van der Waals surface area contributed by atoms with Crippen LogP contribution in [-0.2, 0) is 44.5 Å². The van der Waals surface area contributed by atoms with Gasteiger partial charge >= 0.3 is 29.2 Å². The van der Waals surface area contributed by atoms with E-state index in [0.29, 0.717) is 6.42 Å². The van der Waals surface area contributed by atoms with Gasteiger partial charge in [0.25, 0.3) is 5.56 Å². The summed E-state index contributed by atoms with van der Waals surface area (Å²) in [6, 6.07) is 10.0. The van der Waals surface area contributed by atoms with Crippen LogP contribution in [-0.4, -0.2) is 63.8 Å². The van der Waals surface area contributed by atoms with Gasteiger partial charge in [0.1, 0.15) is 18.3 Å². The van der Waals surface area contributed by atoms with Crippen molar-refractivity contribution in [1.82, 2.24) is 9.13 Å². The molecule has 2 heterocycles. The fourth-order valence-electron chi connectivity index (χ4n) is 3.38. The predicted molar refractivity (Wildman–Crippen MR) is 121 cm³/mol. The van der Waals surface area contributed by atoms with E-state index in [1.54, 1.807) is 30.3 Å². The maximum atomic E-state index is 12.9. The molecular weight excluding hydrogens is 565 g/mol. The molecule has 0 radical (unpaired) electrons. The van der Waals surface area contributed by atoms with Gasteiger partial charge in [-0.3, -0.25) is 18.5 Å². The Balaban J connectivity index is 1.71. The van der Waals surface area contributed by atoms with Gasteiger partial charge in [-0.15, -0.1) is 0 Å². The molecule has 3 unspecified atom stereocenters. The molecule has 0 aliphatic carbocycles. The molecule has 6 atom stereocenters. The third-order valence-electron chi connectivity index (χ3n) is 4.99. The highest BCUT2D eigenvalue weighted by atomic mass is 31.3. The molecule has 1 aromatic carbocycles. The van der Waals surface area contributed by atoms with Crippen LogP contribution >= 0.6 is 23.5 Å². The van der Waals surface area contributed by atoms with Crippen LogP contribution in [0.4, 0.5) is 0 Å². The van der Waals surface area contributed by atoms with Crippen molar-refractivity contribution in [3.05, 3.63) is 69.0 Å². The predicted octanol–water partition coefficient (Wildman–Crippen LogP) is -0.785. The minimum Gasteiger partial charge on any atom is -0.387 e. The van der Waals surface area contributed by atoms with Crippen molar-refractivity contribution < 1.29 is 61.4 Å². The van der Waals surface area contributed by atoms with Gasteiger partial charge in [0.2, 0.25) is 0 Å². The smallest absolute Gasteiger partial charge is 0.387 e. The lowest BCUT2D eigenvalue weighted by Gasteiger charge is -2.19. The highest BCUT2D eigenvalue weighted by Crippen LogP contribution is 2.66. The van der Waals surface area contributed by atoms with Crippen molar-refractivity contribution in [2.24, 2.45) is 0 Å². The molecule has 3 rings (SSSR count). The molecule has 0 bridgehead atoms. The third-order valence-corrected chi connectivity index (χ3v) is 8.79. The van der Waals surface area contributed by atoms with Crippen LogP contribution in [0.3, 0.4) is 0 Å². The number of benzene rings is 1. The first kappa shape index (κ1) is 29.7. The van der Waals surface area contributed by atoms with Gasteiger partial charge < -0.3 is 34.5 Å². The van der Waals surface area contributed by atoms with Crippen molar-refractivity contribution in [3.8, 4) is 0 Å². The van der Waals surface area contributed by atoms with Crippen molar-refractivity contribution in [2.75, 3.05) is 6.61 Å². The van der Waals surface area contributed by atoms with Crippen LogP contribution < -0.4 is 11.2 Å². The molecule has 1 saturated heterocycles. The van der Waals surface area contributed by atoms with Crippen molar-refractivity contribution in [1.29, 1.82) is 0 Å². The van der Waals surface area contributed by atoms with E-state index in [1.807, 2.05) is 0 Å². The molecular formula is C17H23N2O15P3. The van der Waals surface area contributed by atoms with Gasteiger partial charge in [-0.25, -0.2) is 18.5 Å². The lowest BCUT2D eigenvalue weighted by atomic mass is 10.1. The van der Waals surface area contributed by atoms with E-state index in [4.69, 9.17) is 14.5 Å². The fourth-order valence-corrected chi connectivity index (χ4v) is 6.41. The Bertz CT molecular complexity index is 1360. The molecule has 206 valence electrons. The zero-order valence-corrected chi connectivity index (χ0v) is 21.2. The number of hydrogen-bond acceptors (Lipinski definition) is 11. The summed E-state index contributed by atoms with van der Waals surface area (Å²) in [6.07, 6.45) is -5.41. The number of phosphoric ester groups is 1. The van der Waals surface area contributed by atoms with Gasteiger partial charge in [-0.1, -0.05) is 30.3 Å². The second kappa shape index (κ2) is 11.5. The molecule has 0 amide bonds. The number of nitrogens with zero attached hydrogens (tertiary/aromatic N) is 2. The highest BCUT2D eigenvalue weighted by molar-refractivity contribution is 7.66. The quantitative estimate of drug-likeness (QED) is 0.176. The standard InChI is InChI=1S/C17H23N2O15P3/c20-13-7-9-19(17(23)18(13)8-6-11-4-2-1-3-5-11)16-15(22)14(21)12(32-16)10-31-36(27,28)34-37(29,30)33-35(24,25)26/h1-5,7,9,12,14-16,21-22H,6,8,10H2,(H,27,28)(H,29,30)(H2,24,25,26)/t12-,14+,15?,16-/m1/s1. The Kier molecular flexibility index (Phi) is 9.26. The first-order chi connectivity index (χ1) is 17.1. The minimum atomic E-state index is -5.76. The zero-order valence-electron chi connectivity index (χ0n) is 18.6. The van der Waals surface area contributed by atoms with Crippen LogP contribution in [0.5, 0.6) is 0 Å². The summed E-state index contributed by atoms with van der Waals surface area (Å²) in [5.74, 6) is 0. The van der Waals surface area contributed by atoms with Crippen molar-refractivity contribution in [2.45, 2.75) is 37.5 Å². The second-order valence-electron chi connectivity index (χ2n) is 7.66. The largest absolute Gasteiger partial charge is 0.490 e. The number of hydrogen-bond donors (Lipinski definition) is 6. The summed E-state index contributed by atoms with van der Waals surface area (Å²) in [4.78, 5) is 61.0. The maximum Gasteiger partial charge on any atom is 0.490 e. The number of rotatable bonds is 11. The summed E-state index contributed by atoms with van der Waals surface area (Å²) >= 11 is 0. The van der Waals surface area contributed by atoms with Gasteiger partial charge in [0, 0.05) is 18.8 Å². The van der Waals surface area contributed by atoms with Crippen LogP contribution in [0, 0.1) is 0 Å². The molecule has 1 aliphatic heterocycles. The fraction of sp³-hybridized carbons (Fsp3) is 0.412. The normalized spacial score (nSPS) is 25.5. The Morgan fingerprint density at radius 1 is 0.892 bits per heavy atom. The number of aryl methyl sites for hydroxylation is 1. The minimum absolute atomic E-state index is 0.0106. The molecule has 1 aliphatic rings. The highest BCUT2D eigenvalue weighted by Gasteiger charge is 2.46. The number of ether oxygens (including phenoxy) is 1. The Labute approximate surface area is 207 Å². The first-order valence-electron chi connectivity index (χ1n) is 10.2. The molecule has 6 N–H and O–H groups in total. The summed E-state index contributed by atoms with van der Waals surface area (Å²) in [6.45, 7) is -1.07. The van der Waals surface area contributed by atoms with Gasteiger partial charge in [0.05, 0.1) is 6.61 Å². The summed E-state index contributed by atoms with van der Waals surface area (Å²) in [5, 5.41) is 20.6. The lowest BCUT2D eigenvalue weighted by Crippen LogP contribution is -2.43. The molecule has 17 nitrogen and oxygen atoms in total. The average Bonchev–Trinajstić information content (AvgIpc) is 3.04. The van der Waals surface area contributed by atoms with E-state index < -0.39 is 65.9 Å². The van der Waals surface area contributed by atoms with Crippen LogP contribution in [0.25, 0.3) is 0 Å². The summed E-state index contributed by atoms with van der Waals surface area (Å²) in [7, 11) is -16.9. The van der Waals surface area contributed by atoms with Crippen LogP contribution in [0.2, 0.25) is 0 Å². The molecule has 37 heavy (non-hydrogen) atoms. The SMILES string of the molecule is O=c1ccn([C@@H]2O[C@H](COP(=O)(O)OP(=O)(O)OP(=O)(O)O)[C@H](O)C2O)c(=O)n1CCc1ccccc1. The van der Waals surface area contributed by atoms with E-state index in [0.717, 1.165) is 27.0 Å². The third kappa shape index (κ3) is 8.09. The zero-order chi connectivity index (χ0) is 27.6. The molecule has 1 aromatic heterocycles. The summed E-state index contributed by atoms with van der Waals surface area (Å²) < 4.78 is 52.6. The lowest BCUT2D eigenvalue weighted by molar-refractivity contribution is -0.0548. The van der Waals surface area contributed by atoms with E-state index >= 15 is 0 Å². The van der Waals surface area contributed by atoms with Crippen LogP contribution in [0.1, 0.15) is 11.8 Å². The molecule has 20 heteroatoms. The van der Waals surface area contributed by atoms with Crippen LogP contribution in [0.15, 0.2) is 52.2 Å². The van der Waals surface area contributed by atoms with Gasteiger partial charge in [-0.05, 0) is 12.0 Å². The topological polar surface area (TPSA) is 254 Å². The molecule has 0 saturated carbocycles. The van der Waals surface area contributed by atoms with Crippen molar-refractivity contribution in [3.63, 3.8) is 0 Å². The second-order valence-corrected chi connectivity index (χ2v) is 12.1. The molecule has 2 aromatic rings. The first-order valence-corrected chi connectivity index (χ1v) is 14.8. The van der Waals surface area contributed by atoms with E-state index in [-0.39, 0.29) is 6.54 Å². The Hall–Kier alpha value is -1.81.